The van der Waals surface area contributed by atoms with Gasteiger partial charge < -0.3 is 10.1 Å². The molecule has 118 valence electrons. The van der Waals surface area contributed by atoms with E-state index in [0.717, 1.165) is 40.9 Å². The molecular weight excluding hydrogens is 288 g/mol. The minimum atomic E-state index is 0.622. The van der Waals surface area contributed by atoms with Gasteiger partial charge in [-0.15, -0.1) is 0 Å². The van der Waals surface area contributed by atoms with Gasteiger partial charge in [-0.25, -0.2) is 4.98 Å². The van der Waals surface area contributed by atoms with Crippen LogP contribution in [0.5, 0.6) is 0 Å². The van der Waals surface area contributed by atoms with Gasteiger partial charge in [-0.2, -0.15) is 5.26 Å². The van der Waals surface area contributed by atoms with Gasteiger partial charge in [-0.05, 0) is 30.2 Å². The third-order valence-electron chi connectivity index (χ3n) is 3.90. The summed E-state index contributed by atoms with van der Waals surface area (Å²) < 4.78 is 7.16. The van der Waals surface area contributed by atoms with Crippen molar-refractivity contribution in [3.63, 3.8) is 0 Å². The van der Waals surface area contributed by atoms with Crippen molar-refractivity contribution in [2.45, 2.75) is 19.8 Å². The maximum atomic E-state index is 9.63. The van der Waals surface area contributed by atoms with Crippen molar-refractivity contribution >= 4 is 22.5 Å². The predicted molar refractivity (Wildman–Crippen MR) is 91.8 cm³/mol. The highest BCUT2D eigenvalue weighted by Gasteiger charge is 2.16. The molecule has 0 bridgehead atoms. The summed E-state index contributed by atoms with van der Waals surface area (Å²) in [6.07, 6.45) is 1.85. The number of fused-ring (bicyclic) bond motifs is 3. The van der Waals surface area contributed by atoms with Crippen molar-refractivity contribution in [3.05, 3.63) is 41.5 Å². The van der Waals surface area contributed by atoms with Crippen LogP contribution in [0.3, 0.4) is 0 Å². The zero-order chi connectivity index (χ0) is 16.2. The van der Waals surface area contributed by atoms with E-state index in [1.807, 2.05) is 28.7 Å². The van der Waals surface area contributed by atoms with Crippen LogP contribution in [0.1, 0.15) is 24.5 Å². The minimum Gasteiger partial charge on any atom is -0.383 e. The van der Waals surface area contributed by atoms with Crippen LogP contribution in [0.2, 0.25) is 0 Å². The van der Waals surface area contributed by atoms with Gasteiger partial charge >= 0.3 is 0 Å². The Morgan fingerprint density at radius 1 is 1.35 bits per heavy atom. The molecule has 0 amide bonds. The molecule has 0 aliphatic heterocycles. The molecule has 5 nitrogen and oxygen atoms in total. The molecule has 0 spiro atoms. The third-order valence-corrected chi connectivity index (χ3v) is 3.90. The largest absolute Gasteiger partial charge is 0.383 e. The van der Waals surface area contributed by atoms with E-state index in [9.17, 15) is 5.26 Å². The lowest BCUT2D eigenvalue weighted by atomic mass is 10.1. The fourth-order valence-corrected chi connectivity index (χ4v) is 2.88. The molecule has 0 fully saturated rings. The standard InChI is InChI=1S/C18H20N4O/c1-3-6-13-11-17(20-9-10-23-2)22-16-8-5-4-7-15(16)21-18(22)14(13)12-19/h4-5,7-8,11,20H,3,6,9-10H2,1-2H3. The number of anilines is 1. The Hall–Kier alpha value is -2.58. The SMILES string of the molecule is CCCc1cc(NCCOC)n2c(nc3ccccc32)c1C#N. The summed E-state index contributed by atoms with van der Waals surface area (Å²) >= 11 is 0. The summed E-state index contributed by atoms with van der Waals surface area (Å²) in [5, 5.41) is 13.0. The number of benzene rings is 1. The Labute approximate surface area is 135 Å². The first-order valence-corrected chi connectivity index (χ1v) is 7.86. The predicted octanol–water partition coefficient (Wildman–Crippen LogP) is 3.37. The lowest BCUT2D eigenvalue weighted by molar-refractivity contribution is 0.210. The summed E-state index contributed by atoms with van der Waals surface area (Å²) in [7, 11) is 1.69. The Balaban J connectivity index is 2.27. The molecule has 0 saturated heterocycles. The van der Waals surface area contributed by atoms with E-state index in [4.69, 9.17) is 4.74 Å². The lowest BCUT2D eigenvalue weighted by Crippen LogP contribution is -2.12. The number of pyridine rings is 1. The zero-order valence-electron chi connectivity index (χ0n) is 13.5. The number of hydrogen-bond donors (Lipinski definition) is 1. The van der Waals surface area contributed by atoms with E-state index in [0.29, 0.717) is 18.7 Å². The van der Waals surface area contributed by atoms with E-state index in [1.54, 1.807) is 7.11 Å². The van der Waals surface area contributed by atoms with Crippen molar-refractivity contribution in [2.75, 3.05) is 25.6 Å². The molecule has 0 aliphatic rings. The second-order valence-electron chi connectivity index (χ2n) is 5.47. The average Bonchev–Trinajstić information content (AvgIpc) is 2.95. The van der Waals surface area contributed by atoms with Crippen molar-refractivity contribution < 1.29 is 4.74 Å². The number of nitrogens with one attached hydrogen (secondary N) is 1. The van der Waals surface area contributed by atoms with Crippen LogP contribution in [0.15, 0.2) is 30.3 Å². The molecule has 3 rings (SSSR count). The van der Waals surface area contributed by atoms with Crippen molar-refractivity contribution in [1.29, 1.82) is 5.26 Å². The number of nitriles is 1. The third kappa shape index (κ3) is 2.73. The summed E-state index contributed by atoms with van der Waals surface area (Å²) in [6.45, 7) is 3.44. The lowest BCUT2D eigenvalue weighted by Gasteiger charge is -2.13. The first kappa shape index (κ1) is 15.3. The minimum absolute atomic E-state index is 0.622. The Morgan fingerprint density at radius 2 is 2.17 bits per heavy atom. The second-order valence-corrected chi connectivity index (χ2v) is 5.47. The summed E-state index contributed by atoms with van der Waals surface area (Å²) in [5.41, 5.74) is 4.33. The van der Waals surface area contributed by atoms with Crippen LogP contribution in [0.25, 0.3) is 16.7 Å². The van der Waals surface area contributed by atoms with E-state index >= 15 is 0 Å². The molecule has 2 heterocycles. The van der Waals surface area contributed by atoms with E-state index in [1.165, 1.54) is 0 Å². The molecule has 1 N–H and O–H groups in total. The molecule has 0 unspecified atom stereocenters. The van der Waals surface area contributed by atoms with Gasteiger partial charge in [0.15, 0.2) is 5.65 Å². The monoisotopic (exact) mass is 308 g/mol. The average molecular weight is 308 g/mol. The van der Waals surface area contributed by atoms with Crippen molar-refractivity contribution in [3.8, 4) is 6.07 Å². The molecule has 0 atom stereocenters. The molecular formula is C18H20N4O. The smallest absolute Gasteiger partial charge is 0.157 e. The number of ether oxygens (including phenoxy) is 1. The molecule has 3 aromatic rings. The fraction of sp³-hybridized carbons (Fsp3) is 0.333. The first-order chi connectivity index (χ1) is 11.3. The summed E-state index contributed by atoms with van der Waals surface area (Å²) in [5.74, 6) is 0.952. The molecule has 1 aromatic carbocycles. The molecule has 2 aromatic heterocycles. The van der Waals surface area contributed by atoms with Gasteiger partial charge in [0.1, 0.15) is 11.9 Å². The quantitative estimate of drug-likeness (QED) is 0.709. The molecule has 23 heavy (non-hydrogen) atoms. The maximum Gasteiger partial charge on any atom is 0.157 e. The first-order valence-electron chi connectivity index (χ1n) is 7.86. The van der Waals surface area contributed by atoms with Crippen LogP contribution in [0, 0.1) is 11.3 Å². The fourth-order valence-electron chi connectivity index (χ4n) is 2.88. The van der Waals surface area contributed by atoms with Crippen LogP contribution >= 0.6 is 0 Å². The van der Waals surface area contributed by atoms with Gasteiger partial charge in [0.05, 0.1) is 23.2 Å². The van der Waals surface area contributed by atoms with Crippen molar-refractivity contribution in [1.82, 2.24) is 9.38 Å². The molecule has 5 heteroatoms. The highest BCUT2D eigenvalue weighted by Crippen LogP contribution is 2.27. The van der Waals surface area contributed by atoms with Crippen molar-refractivity contribution in [2.24, 2.45) is 0 Å². The highest BCUT2D eigenvalue weighted by atomic mass is 16.5. The molecule has 0 aliphatic carbocycles. The number of aromatic nitrogens is 2. The van der Waals surface area contributed by atoms with Crippen LogP contribution in [-0.4, -0.2) is 29.6 Å². The van der Waals surface area contributed by atoms with Crippen LogP contribution in [-0.2, 0) is 11.2 Å². The number of aryl methyl sites for hydroxylation is 1. The summed E-state index contributed by atoms with van der Waals surface area (Å²) in [6, 6.07) is 12.4. The number of methoxy groups -OCH3 is 1. The van der Waals surface area contributed by atoms with Gasteiger partial charge in [0.2, 0.25) is 0 Å². The van der Waals surface area contributed by atoms with Crippen LogP contribution in [0.4, 0.5) is 5.82 Å². The second kappa shape index (κ2) is 6.67. The van der Waals surface area contributed by atoms with E-state index in [-0.39, 0.29) is 0 Å². The van der Waals surface area contributed by atoms with Gasteiger partial charge in [0, 0.05) is 13.7 Å². The Morgan fingerprint density at radius 3 is 2.91 bits per heavy atom. The topological polar surface area (TPSA) is 62.4 Å². The highest BCUT2D eigenvalue weighted by molar-refractivity contribution is 5.85. The number of rotatable bonds is 6. The molecule has 0 radical (unpaired) electrons. The number of imidazole rings is 1. The normalized spacial score (nSPS) is 11.0. The van der Waals surface area contributed by atoms with Gasteiger partial charge in [-0.1, -0.05) is 25.5 Å². The maximum absolute atomic E-state index is 9.63. The summed E-state index contributed by atoms with van der Waals surface area (Å²) in [4.78, 5) is 4.69. The van der Waals surface area contributed by atoms with E-state index < -0.39 is 0 Å². The van der Waals surface area contributed by atoms with Crippen LogP contribution < -0.4 is 5.32 Å². The Bertz CT molecular complexity index is 876. The number of hydrogen-bond acceptors (Lipinski definition) is 4. The Kier molecular flexibility index (Phi) is 4.45. The molecule has 0 saturated carbocycles. The van der Waals surface area contributed by atoms with Gasteiger partial charge in [-0.3, -0.25) is 4.40 Å². The van der Waals surface area contributed by atoms with E-state index in [2.05, 4.69) is 29.4 Å². The number of para-hydroxylation sites is 2. The number of nitrogens with zero attached hydrogens (tertiary/aromatic N) is 3. The zero-order valence-corrected chi connectivity index (χ0v) is 13.5. The van der Waals surface area contributed by atoms with Gasteiger partial charge in [0.25, 0.3) is 0 Å².